The minimum absolute atomic E-state index is 0.0651. The third kappa shape index (κ3) is 2.00. The molecule has 0 aromatic heterocycles. The summed E-state index contributed by atoms with van der Waals surface area (Å²) in [6, 6.07) is 15.2. The number of nitrogens with zero attached hydrogens (tertiary/aromatic N) is 2. The molecule has 1 heterocycles. The molecule has 2 atom stereocenters. The van der Waals surface area contributed by atoms with E-state index < -0.39 is 20.8 Å². The fourth-order valence-corrected chi connectivity index (χ4v) is 3.41. The van der Waals surface area contributed by atoms with Crippen LogP contribution < -0.4 is 0 Å². The van der Waals surface area contributed by atoms with Crippen LogP contribution >= 0.6 is 0 Å². The number of rotatable bonds is 4. The van der Waals surface area contributed by atoms with E-state index in [1.54, 1.807) is 24.3 Å². The minimum Gasteiger partial charge on any atom is -0.260 e. The summed E-state index contributed by atoms with van der Waals surface area (Å²) in [6.45, 7) is 0. The first-order chi connectivity index (χ1) is 9.99. The molecular weight excluding hydrogens is 296 g/mol. The fourth-order valence-electron chi connectivity index (χ4n) is 2.01. The summed E-state index contributed by atoms with van der Waals surface area (Å²) in [5, 5.41) is 11.3. The molecule has 2 aromatic rings. The average molecular weight is 306 g/mol. The van der Waals surface area contributed by atoms with E-state index in [-0.39, 0.29) is 10.5 Å². The molecule has 1 aliphatic heterocycles. The van der Waals surface area contributed by atoms with Crippen molar-refractivity contribution in [3.63, 3.8) is 0 Å². The molecule has 2 aromatic carbocycles. The van der Waals surface area contributed by atoms with Crippen molar-refractivity contribution in [1.82, 2.24) is 4.47 Å². The molecule has 1 aliphatic rings. The Morgan fingerprint density at radius 3 is 2.05 bits per heavy atom. The SMILES string of the molecule is O=[N+]([O-])C1(c2ccccc2)ON1S(=O)(=O)c1ccccc1. The summed E-state index contributed by atoms with van der Waals surface area (Å²) in [6.07, 6.45) is 0. The van der Waals surface area contributed by atoms with E-state index in [1.165, 1.54) is 36.4 Å². The van der Waals surface area contributed by atoms with Gasteiger partial charge in [0.2, 0.25) is 0 Å². The molecule has 8 heteroatoms. The largest absolute Gasteiger partial charge is 0.468 e. The van der Waals surface area contributed by atoms with Crippen LogP contribution in [0.4, 0.5) is 0 Å². The predicted molar refractivity (Wildman–Crippen MR) is 71.7 cm³/mol. The van der Waals surface area contributed by atoms with Crippen LogP contribution in [0.5, 0.6) is 0 Å². The maximum Gasteiger partial charge on any atom is 0.468 e. The van der Waals surface area contributed by atoms with Gasteiger partial charge in [0.1, 0.15) is 0 Å². The number of hydroxylamine groups is 1. The maximum atomic E-state index is 12.4. The summed E-state index contributed by atoms with van der Waals surface area (Å²) in [7, 11) is -4.10. The van der Waals surface area contributed by atoms with Gasteiger partial charge in [0.05, 0.1) is 15.4 Å². The maximum absolute atomic E-state index is 12.4. The standard InChI is InChI=1S/C13H10N2O5S/c16-14(17)13(11-7-3-1-4-8-11)15(20-13)21(18,19)12-9-5-2-6-10-12/h1-10H. The molecule has 0 radical (unpaired) electrons. The molecule has 0 N–H and O–H groups in total. The van der Waals surface area contributed by atoms with Crippen molar-refractivity contribution in [2.24, 2.45) is 0 Å². The van der Waals surface area contributed by atoms with Crippen LogP contribution in [0.2, 0.25) is 0 Å². The Balaban J connectivity index is 2.05. The molecule has 1 fully saturated rings. The number of sulfonamides is 1. The number of hydrogen-bond donors (Lipinski definition) is 0. The third-order valence-corrected chi connectivity index (χ3v) is 4.71. The molecule has 0 aliphatic carbocycles. The highest BCUT2D eigenvalue weighted by Gasteiger charge is 2.76. The van der Waals surface area contributed by atoms with Gasteiger partial charge in [0.25, 0.3) is 10.0 Å². The highest BCUT2D eigenvalue weighted by atomic mass is 32.2. The Morgan fingerprint density at radius 2 is 1.52 bits per heavy atom. The second kappa shape index (κ2) is 4.62. The molecular formula is C13H10N2O5S. The van der Waals surface area contributed by atoms with Crippen molar-refractivity contribution >= 4 is 10.0 Å². The molecule has 0 saturated carbocycles. The minimum atomic E-state index is -4.10. The lowest BCUT2D eigenvalue weighted by atomic mass is 10.2. The van der Waals surface area contributed by atoms with Crippen molar-refractivity contribution in [3.8, 4) is 0 Å². The normalized spacial score (nSPS) is 24.5. The fraction of sp³-hybridized carbons (Fsp3) is 0.0769. The van der Waals surface area contributed by atoms with Crippen molar-refractivity contribution in [2.75, 3.05) is 0 Å². The van der Waals surface area contributed by atoms with Gasteiger partial charge in [-0.05, 0) is 24.3 Å². The van der Waals surface area contributed by atoms with Gasteiger partial charge in [-0.15, -0.1) is 0 Å². The topological polar surface area (TPSA) is 92.8 Å². The zero-order valence-electron chi connectivity index (χ0n) is 10.6. The molecule has 0 amide bonds. The molecule has 108 valence electrons. The zero-order valence-corrected chi connectivity index (χ0v) is 11.4. The van der Waals surface area contributed by atoms with Gasteiger partial charge in [-0.1, -0.05) is 36.4 Å². The zero-order chi connectivity index (χ0) is 15.1. The van der Waals surface area contributed by atoms with Crippen LogP contribution in [-0.2, 0) is 20.7 Å². The van der Waals surface area contributed by atoms with Crippen molar-refractivity contribution < 1.29 is 18.2 Å². The lowest BCUT2D eigenvalue weighted by molar-refractivity contribution is -0.576. The van der Waals surface area contributed by atoms with Gasteiger partial charge in [0, 0.05) is 4.47 Å². The predicted octanol–water partition coefficient (Wildman–Crippen LogP) is 1.71. The first-order valence-corrected chi connectivity index (χ1v) is 7.43. The van der Waals surface area contributed by atoms with E-state index >= 15 is 0 Å². The van der Waals surface area contributed by atoms with Gasteiger partial charge >= 0.3 is 5.85 Å². The molecule has 0 spiro atoms. The smallest absolute Gasteiger partial charge is 0.260 e. The third-order valence-electron chi connectivity index (χ3n) is 3.08. The number of nitro groups is 1. The molecule has 7 nitrogen and oxygen atoms in total. The number of benzene rings is 2. The van der Waals surface area contributed by atoms with E-state index in [4.69, 9.17) is 4.84 Å². The van der Waals surface area contributed by atoms with Gasteiger partial charge in [-0.2, -0.15) is 4.84 Å². The van der Waals surface area contributed by atoms with Crippen LogP contribution in [0, 0.1) is 10.1 Å². The lowest BCUT2D eigenvalue weighted by Gasteiger charge is -2.05. The summed E-state index contributed by atoms with van der Waals surface area (Å²) >= 11 is 0. The number of hydrogen-bond acceptors (Lipinski definition) is 5. The summed E-state index contributed by atoms with van der Waals surface area (Å²) in [4.78, 5) is 15.4. The Bertz CT molecular complexity index is 779. The first-order valence-electron chi connectivity index (χ1n) is 5.99. The highest BCUT2D eigenvalue weighted by molar-refractivity contribution is 7.89. The van der Waals surface area contributed by atoms with Crippen LogP contribution in [0.25, 0.3) is 0 Å². The van der Waals surface area contributed by atoms with Crippen LogP contribution in [0.15, 0.2) is 65.6 Å². The van der Waals surface area contributed by atoms with Crippen molar-refractivity contribution in [3.05, 3.63) is 76.3 Å². The van der Waals surface area contributed by atoms with Gasteiger partial charge in [0.15, 0.2) is 0 Å². The van der Waals surface area contributed by atoms with Gasteiger partial charge in [-0.25, -0.2) is 8.42 Å². The second-order valence-corrected chi connectivity index (χ2v) is 6.12. The lowest BCUT2D eigenvalue weighted by Crippen LogP contribution is -2.29. The Morgan fingerprint density at radius 1 is 1.00 bits per heavy atom. The molecule has 3 rings (SSSR count). The van der Waals surface area contributed by atoms with Crippen LogP contribution in [0.3, 0.4) is 0 Å². The molecule has 0 bridgehead atoms. The van der Waals surface area contributed by atoms with E-state index in [9.17, 15) is 18.5 Å². The quantitative estimate of drug-likeness (QED) is 0.487. The van der Waals surface area contributed by atoms with E-state index in [1.807, 2.05) is 0 Å². The second-order valence-electron chi connectivity index (χ2n) is 4.37. The van der Waals surface area contributed by atoms with Gasteiger partial charge < -0.3 is 0 Å². The molecule has 21 heavy (non-hydrogen) atoms. The van der Waals surface area contributed by atoms with Crippen molar-refractivity contribution in [2.45, 2.75) is 10.7 Å². The first kappa shape index (κ1) is 13.7. The molecule has 1 saturated heterocycles. The Labute approximate surface area is 120 Å². The van der Waals surface area contributed by atoms with E-state index in [2.05, 4.69) is 0 Å². The summed E-state index contributed by atoms with van der Waals surface area (Å²) in [5.41, 5.74) is 0.148. The summed E-state index contributed by atoms with van der Waals surface area (Å²) < 4.78 is 25.2. The van der Waals surface area contributed by atoms with Crippen molar-refractivity contribution in [1.29, 1.82) is 0 Å². The summed E-state index contributed by atoms with van der Waals surface area (Å²) in [5.74, 6) is -2.18. The van der Waals surface area contributed by atoms with Crippen LogP contribution in [0.1, 0.15) is 5.56 Å². The highest BCUT2D eigenvalue weighted by Crippen LogP contribution is 2.48. The van der Waals surface area contributed by atoms with E-state index in [0.717, 1.165) is 0 Å². The average Bonchev–Trinajstić information content (AvgIpc) is 3.27. The molecule has 2 unspecified atom stereocenters. The Hall–Kier alpha value is -2.29. The van der Waals surface area contributed by atoms with Crippen LogP contribution in [-0.4, -0.2) is 17.8 Å². The van der Waals surface area contributed by atoms with Gasteiger partial charge in [-0.3, -0.25) is 10.1 Å². The van der Waals surface area contributed by atoms with E-state index in [0.29, 0.717) is 4.47 Å². The Kier molecular flexibility index (Phi) is 3.01. The monoisotopic (exact) mass is 306 g/mol.